The van der Waals surface area contributed by atoms with Gasteiger partial charge in [0.25, 0.3) is 5.91 Å². The lowest BCUT2D eigenvalue weighted by atomic mass is 9.81. The smallest absolute Gasteiger partial charge is 0.313 e. The van der Waals surface area contributed by atoms with E-state index < -0.39 is 11.4 Å². The van der Waals surface area contributed by atoms with Crippen LogP contribution in [-0.4, -0.2) is 71.2 Å². The molecule has 0 aromatic carbocycles. The number of aliphatic hydroxyl groups excluding tert-OH is 1. The highest BCUT2D eigenvalue weighted by Gasteiger charge is 2.58. The van der Waals surface area contributed by atoms with E-state index in [9.17, 15) is 14.7 Å². The fraction of sp³-hybridized carbons (Fsp3) is 0.571. The summed E-state index contributed by atoms with van der Waals surface area (Å²) in [6.07, 6.45) is 0. The van der Waals surface area contributed by atoms with Crippen molar-refractivity contribution in [1.82, 2.24) is 9.80 Å². The van der Waals surface area contributed by atoms with Crippen LogP contribution in [0.4, 0.5) is 0 Å². The van der Waals surface area contributed by atoms with Crippen molar-refractivity contribution in [3.63, 3.8) is 0 Å². The van der Waals surface area contributed by atoms with Gasteiger partial charge >= 0.3 is 5.97 Å². The van der Waals surface area contributed by atoms with Crippen molar-refractivity contribution in [1.29, 1.82) is 0 Å². The van der Waals surface area contributed by atoms with Crippen LogP contribution in [0.1, 0.15) is 9.67 Å². The molecule has 8 heteroatoms. The first kappa shape index (κ1) is 15.7. The third kappa shape index (κ3) is 2.52. The standard InChI is InChI=1S/C14H17ClN2O4S/c15-11-2-1-10(22-11)12(19)17-6-9-5-16(3-4-18)7-14(9,8-17)13(20)21/h1-2,9,18H,3-8H2,(H,20,21)/t9-,14-/m1/s1. The third-order valence-corrected chi connectivity index (χ3v) is 5.81. The van der Waals surface area contributed by atoms with Crippen LogP contribution < -0.4 is 0 Å². The van der Waals surface area contributed by atoms with Crippen molar-refractivity contribution in [2.75, 3.05) is 39.3 Å². The molecule has 1 aromatic heterocycles. The van der Waals surface area contributed by atoms with E-state index in [4.69, 9.17) is 16.7 Å². The number of halogens is 1. The molecule has 0 bridgehead atoms. The van der Waals surface area contributed by atoms with Gasteiger partial charge in [0.1, 0.15) is 5.41 Å². The van der Waals surface area contributed by atoms with Gasteiger partial charge in [0.2, 0.25) is 0 Å². The molecule has 2 atom stereocenters. The predicted octanol–water partition coefficient (Wildman–Crippen LogP) is 0.852. The number of aliphatic hydroxyl groups is 1. The molecule has 2 aliphatic heterocycles. The summed E-state index contributed by atoms with van der Waals surface area (Å²) in [6.45, 7) is 2.11. The second-order valence-corrected chi connectivity index (χ2v) is 7.62. The van der Waals surface area contributed by atoms with Crippen molar-refractivity contribution >= 4 is 34.8 Å². The summed E-state index contributed by atoms with van der Waals surface area (Å²) in [5.41, 5.74) is -0.925. The number of nitrogens with zero attached hydrogens (tertiary/aromatic N) is 2. The lowest BCUT2D eigenvalue weighted by Crippen LogP contribution is -2.42. The van der Waals surface area contributed by atoms with Gasteiger partial charge in [-0.1, -0.05) is 11.6 Å². The van der Waals surface area contributed by atoms with Crippen LogP contribution in [0.2, 0.25) is 4.34 Å². The van der Waals surface area contributed by atoms with Crippen molar-refractivity contribution < 1.29 is 19.8 Å². The van der Waals surface area contributed by atoms with Crippen molar-refractivity contribution in [3.05, 3.63) is 21.3 Å². The molecule has 2 N–H and O–H groups in total. The van der Waals surface area contributed by atoms with Gasteiger partial charge in [-0.05, 0) is 12.1 Å². The average Bonchev–Trinajstić information content (AvgIpc) is 3.10. The van der Waals surface area contributed by atoms with Gasteiger partial charge in [0, 0.05) is 38.6 Å². The molecule has 0 aliphatic carbocycles. The van der Waals surface area contributed by atoms with Crippen LogP contribution in [-0.2, 0) is 4.79 Å². The third-order valence-electron chi connectivity index (χ3n) is 4.59. The predicted molar refractivity (Wildman–Crippen MR) is 82.3 cm³/mol. The number of hydrogen-bond acceptors (Lipinski definition) is 5. The Labute approximate surface area is 136 Å². The molecule has 0 unspecified atom stereocenters. The Balaban J connectivity index is 1.78. The van der Waals surface area contributed by atoms with Gasteiger partial charge in [-0.15, -0.1) is 11.3 Å². The van der Waals surface area contributed by atoms with Gasteiger partial charge in [0.05, 0.1) is 15.8 Å². The maximum Gasteiger partial charge on any atom is 0.313 e. The Kier molecular flexibility index (Phi) is 4.15. The average molecular weight is 345 g/mol. The van der Waals surface area contributed by atoms with Crippen LogP contribution in [0, 0.1) is 11.3 Å². The molecule has 2 aliphatic rings. The van der Waals surface area contributed by atoms with Crippen LogP contribution in [0.3, 0.4) is 0 Å². The minimum Gasteiger partial charge on any atom is -0.481 e. The van der Waals surface area contributed by atoms with Crippen LogP contribution in [0.15, 0.2) is 12.1 Å². The van der Waals surface area contributed by atoms with Crippen LogP contribution >= 0.6 is 22.9 Å². The molecule has 120 valence electrons. The summed E-state index contributed by atoms with van der Waals surface area (Å²) in [5.74, 6) is -1.12. The highest BCUT2D eigenvalue weighted by atomic mass is 35.5. The number of thiophene rings is 1. The number of aliphatic carboxylic acids is 1. The van der Waals surface area contributed by atoms with E-state index in [2.05, 4.69) is 0 Å². The summed E-state index contributed by atoms with van der Waals surface area (Å²) in [7, 11) is 0. The normalized spacial score (nSPS) is 28.1. The first-order chi connectivity index (χ1) is 10.5. The number of hydrogen-bond donors (Lipinski definition) is 2. The Morgan fingerprint density at radius 2 is 2.14 bits per heavy atom. The summed E-state index contributed by atoms with van der Waals surface area (Å²) in [5, 5.41) is 18.7. The van der Waals surface area contributed by atoms with Crippen LogP contribution in [0.5, 0.6) is 0 Å². The van der Waals surface area contributed by atoms with E-state index in [1.807, 2.05) is 4.90 Å². The number of carboxylic acids is 1. The van der Waals surface area contributed by atoms with E-state index in [0.29, 0.717) is 35.4 Å². The SMILES string of the molecule is O=C(c1ccc(Cl)s1)N1C[C@H]2CN(CCO)C[C@@]2(C(=O)O)C1. The maximum atomic E-state index is 12.5. The first-order valence-corrected chi connectivity index (χ1v) is 8.27. The van der Waals surface area contributed by atoms with Gasteiger partial charge in [-0.2, -0.15) is 0 Å². The Hall–Kier alpha value is -1.15. The Bertz CT molecular complexity index is 607. The molecular formula is C14H17ClN2O4S. The number of carbonyl (C=O) groups is 2. The van der Waals surface area contributed by atoms with Crippen molar-refractivity contribution in [3.8, 4) is 0 Å². The van der Waals surface area contributed by atoms with Crippen molar-refractivity contribution in [2.24, 2.45) is 11.3 Å². The number of rotatable bonds is 4. The van der Waals surface area contributed by atoms with Gasteiger partial charge in [0.15, 0.2) is 0 Å². The number of β-amino-alcohol motifs (C(OH)–C–C–N with tert-alkyl or cyclic N) is 1. The fourth-order valence-electron chi connectivity index (χ4n) is 3.52. The van der Waals surface area contributed by atoms with E-state index in [1.54, 1.807) is 17.0 Å². The van der Waals surface area contributed by atoms with Gasteiger partial charge in [-0.25, -0.2) is 0 Å². The lowest BCUT2D eigenvalue weighted by molar-refractivity contribution is -0.148. The quantitative estimate of drug-likeness (QED) is 0.846. The maximum absolute atomic E-state index is 12.5. The van der Waals surface area contributed by atoms with Crippen LogP contribution in [0.25, 0.3) is 0 Å². The Morgan fingerprint density at radius 1 is 1.36 bits per heavy atom. The number of fused-ring (bicyclic) bond motifs is 1. The number of likely N-dealkylation sites (tertiary alicyclic amines) is 2. The zero-order valence-corrected chi connectivity index (χ0v) is 13.4. The van der Waals surface area contributed by atoms with E-state index >= 15 is 0 Å². The minimum absolute atomic E-state index is 0.0127. The second kappa shape index (κ2) is 5.81. The number of carbonyl (C=O) groups excluding carboxylic acids is 1. The summed E-state index contributed by atoms with van der Waals surface area (Å²) >= 11 is 7.07. The fourth-order valence-corrected chi connectivity index (χ4v) is 4.53. The lowest BCUT2D eigenvalue weighted by Gasteiger charge is -2.25. The first-order valence-electron chi connectivity index (χ1n) is 7.07. The molecule has 2 fully saturated rings. The zero-order valence-electron chi connectivity index (χ0n) is 11.9. The molecule has 3 heterocycles. The topological polar surface area (TPSA) is 81.1 Å². The summed E-state index contributed by atoms with van der Waals surface area (Å²) < 4.78 is 0.546. The molecule has 2 saturated heterocycles. The van der Waals surface area contributed by atoms with Gasteiger partial charge < -0.3 is 15.1 Å². The number of amides is 1. The largest absolute Gasteiger partial charge is 0.481 e. The van der Waals surface area contributed by atoms with Crippen molar-refractivity contribution in [2.45, 2.75) is 0 Å². The summed E-state index contributed by atoms with van der Waals surface area (Å²) in [4.78, 5) is 28.4. The van der Waals surface area contributed by atoms with E-state index in [-0.39, 0.29) is 25.0 Å². The van der Waals surface area contributed by atoms with E-state index in [0.717, 1.165) is 0 Å². The van der Waals surface area contributed by atoms with E-state index in [1.165, 1.54) is 11.3 Å². The molecule has 1 aromatic rings. The zero-order chi connectivity index (χ0) is 15.9. The molecule has 3 rings (SSSR count). The molecule has 22 heavy (non-hydrogen) atoms. The molecular weight excluding hydrogens is 328 g/mol. The monoisotopic (exact) mass is 344 g/mol. The molecule has 6 nitrogen and oxygen atoms in total. The Morgan fingerprint density at radius 3 is 2.68 bits per heavy atom. The van der Waals surface area contributed by atoms with Gasteiger partial charge in [-0.3, -0.25) is 14.5 Å². The number of carboxylic acid groups (broad SMARTS) is 1. The minimum atomic E-state index is -0.925. The second-order valence-electron chi connectivity index (χ2n) is 5.91. The molecule has 0 saturated carbocycles. The highest BCUT2D eigenvalue weighted by Crippen LogP contribution is 2.43. The highest BCUT2D eigenvalue weighted by molar-refractivity contribution is 7.17. The molecule has 0 spiro atoms. The molecule has 1 amide bonds. The molecule has 0 radical (unpaired) electrons. The summed E-state index contributed by atoms with van der Waals surface area (Å²) in [6, 6.07) is 3.35.